The third kappa shape index (κ3) is 1.61. The number of aliphatic hydroxyl groups excluding tert-OH is 1. The number of aliphatic hydroxyl groups is 1. The predicted molar refractivity (Wildman–Crippen MR) is 39.5 cm³/mol. The average Bonchev–Trinajstić information content (AvgIpc) is 2.33. The van der Waals surface area contributed by atoms with Crippen molar-refractivity contribution in [1.29, 1.82) is 0 Å². The van der Waals surface area contributed by atoms with E-state index in [1.807, 2.05) is 0 Å². The molecule has 2 amide bonds. The van der Waals surface area contributed by atoms with E-state index in [1.54, 1.807) is 13.8 Å². The van der Waals surface area contributed by atoms with Gasteiger partial charge in [-0.25, -0.2) is 10.2 Å². The molecular weight excluding hydrogens is 146 g/mol. The van der Waals surface area contributed by atoms with Crippen LogP contribution in [0.3, 0.4) is 0 Å². The van der Waals surface area contributed by atoms with Crippen molar-refractivity contribution in [2.75, 3.05) is 6.67 Å². The van der Waals surface area contributed by atoms with Crippen LogP contribution in [-0.2, 0) is 0 Å². The van der Waals surface area contributed by atoms with Gasteiger partial charge in [0.25, 0.3) is 0 Å². The lowest BCUT2D eigenvalue weighted by Crippen LogP contribution is -2.46. The molecule has 1 aliphatic rings. The van der Waals surface area contributed by atoms with Gasteiger partial charge in [0.05, 0.1) is 18.8 Å². The van der Waals surface area contributed by atoms with Crippen molar-refractivity contribution in [1.82, 2.24) is 15.8 Å². The zero-order chi connectivity index (χ0) is 8.43. The van der Waals surface area contributed by atoms with Gasteiger partial charge in [-0.15, -0.1) is 0 Å². The number of hydrogen-bond donors (Lipinski definition) is 3. The largest absolute Gasteiger partial charge is 0.391 e. The van der Waals surface area contributed by atoms with Crippen molar-refractivity contribution in [3.63, 3.8) is 0 Å². The van der Waals surface area contributed by atoms with Crippen LogP contribution in [0.15, 0.2) is 0 Å². The van der Waals surface area contributed by atoms with E-state index >= 15 is 0 Å². The van der Waals surface area contributed by atoms with Crippen molar-refractivity contribution in [3.05, 3.63) is 0 Å². The third-order valence-corrected chi connectivity index (χ3v) is 1.81. The lowest BCUT2D eigenvalue weighted by Gasteiger charge is -2.24. The summed E-state index contributed by atoms with van der Waals surface area (Å²) in [7, 11) is 0. The molecule has 0 spiro atoms. The second-order valence-electron chi connectivity index (χ2n) is 2.67. The first-order chi connectivity index (χ1) is 5.13. The van der Waals surface area contributed by atoms with Gasteiger partial charge in [-0.3, -0.25) is 5.01 Å². The summed E-state index contributed by atoms with van der Waals surface area (Å²) in [5.74, 6) is 0. The first-order valence-electron chi connectivity index (χ1n) is 3.61. The number of nitrogens with one attached hydrogen (secondary N) is 2. The SMILES string of the molecule is CC(O)C(C)N1NCNC1=O. The summed E-state index contributed by atoms with van der Waals surface area (Å²) in [5.41, 5.74) is 2.80. The monoisotopic (exact) mass is 159 g/mol. The van der Waals surface area contributed by atoms with Gasteiger partial charge in [0.2, 0.25) is 0 Å². The zero-order valence-corrected chi connectivity index (χ0v) is 6.66. The lowest BCUT2D eigenvalue weighted by atomic mass is 10.2. The van der Waals surface area contributed by atoms with Crippen LogP contribution in [0.25, 0.3) is 0 Å². The zero-order valence-electron chi connectivity index (χ0n) is 6.66. The normalized spacial score (nSPS) is 23.2. The van der Waals surface area contributed by atoms with Gasteiger partial charge >= 0.3 is 6.03 Å². The van der Waals surface area contributed by atoms with Crippen LogP contribution in [0.2, 0.25) is 0 Å². The Morgan fingerprint density at radius 2 is 2.27 bits per heavy atom. The number of urea groups is 1. The van der Waals surface area contributed by atoms with Crippen molar-refractivity contribution < 1.29 is 9.90 Å². The molecule has 1 rings (SSSR count). The molecule has 0 bridgehead atoms. The Morgan fingerprint density at radius 3 is 2.64 bits per heavy atom. The molecule has 0 aromatic carbocycles. The Kier molecular flexibility index (Phi) is 2.31. The summed E-state index contributed by atoms with van der Waals surface area (Å²) in [6.45, 7) is 3.87. The van der Waals surface area contributed by atoms with Crippen LogP contribution in [0.4, 0.5) is 4.79 Å². The summed E-state index contributed by atoms with van der Waals surface area (Å²) in [6, 6.07) is -0.379. The summed E-state index contributed by atoms with van der Waals surface area (Å²) in [6.07, 6.45) is -0.522. The summed E-state index contributed by atoms with van der Waals surface area (Å²) in [4.78, 5) is 11.0. The minimum atomic E-state index is -0.522. The van der Waals surface area contributed by atoms with Crippen LogP contribution in [0, 0.1) is 0 Å². The van der Waals surface area contributed by atoms with Crippen molar-refractivity contribution in [2.24, 2.45) is 0 Å². The van der Waals surface area contributed by atoms with E-state index in [2.05, 4.69) is 10.7 Å². The fourth-order valence-electron chi connectivity index (χ4n) is 0.902. The number of amides is 2. The quantitative estimate of drug-likeness (QED) is 0.496. The molecule has 1 fully saturated rings. The highest BCUT2D eigenvalue weighted by atomic mass is 16.3. The maximum atomic E-state index is 11.0. The Labute approximate surface area is 65.3 Å². The number of carbonyl (C=O) groups is 1. The molecule has 1 heterocycles. The number of hydrazine groups is 1. The van der Waals surface area contributed by atoms with Crippen LogP contribution in [-0.4, -0.2) is 35.0 Å². The summed E-state index contributed by atoms with van der Waals surface area (Å²) >= 11 is 0. The molecule has 0 aromatic heterocycles. The maximum Gasteiger partial charge on any atom is 0.333 e. The molecule has 2 unspecified atom stereocenters. The molecule has 5 nitrogen and oxygen atoms in total. The number of hydrogen-bond acceptors (Lipinski definition) is 3. The van der Waals surface area contributed by atoms with Gasteiger partial charge in [0, 0.05) is 0 Å². The molecular formula is C6H13N3O2. The molecule has 3 N–H and O–H groups in total. The highest BCUT2D eigenvalue weighted by molar-refractivity contribution is 5.75. The van der Waals surface area contributed by atoms with Gasteiger partial charge in [0.15, 0.2) is 0 Å². The van der Waals surface area contributed by atoms with Gasteiger partial charge in [-0.1, -0.05) is 0 Å². The second kappa shape index (κ2) is 3.06. The Hall–Kier alpha value is -0.810. The van der Waals surface area contributed by atoms with Crippen LogP contribution >= 0.6 is 0 Å². The highest BCUT2D eigenvalue weighted by Gasteiger charge is 2.26. The van der Waals surface area contributed by atoms with Crippen molar-refractivity contribution >= 4 is 6.03 Å². The summed E-state index contributed by atoms with van der Waals surface area (Å²) < 4.78 is 0. The molecule has 0 radical (unpaired) electrons. The number of rotatable bonds is 2. The molecule has 1 saturated heterocycles. The van der Waals surface area contributed by atoms with E-state index in [0.717, 1.165) is 0 Å². The van der Waals surface area contributed by atoms with Crippen LogP contribution in [0.1, 0.15) is 13.8 Å². The van der Waals surface area contributed by atoms with E-state index in [-0.39, 0.29) is 12.1 Å². The molecule has 2 atom stereocenters. The number of carbonyl (C=O) groups excluding carboxylic acids is 1. The smallest absolute Gasteiger partial charge is 0.333 e. The minimum Gasteiger partial charge on any atom is -0.391 e. The van der Waals surface area contributed by atoms with Crippen LogP contribution < -0.4 is 10.7 Å². The van der Waals surface area contributed by atoms with Crippen molar-refractivity contribution in [2.45, 2.75) is 26.0 Å². The van der Waals surface area contributed by atoms with Gasteiger partial charge < -0.3 is 10.4 Å². The molecule has 0 aromatic rings. The molecule has 64 valence electrons. The van der Waals surface area contributed by atoms with Crippen LogP contribution in [0.5, 0.6) is 0 Å². The molecule has 0 aliphatic carbocycles. The minimum absolute atomic E-state index is 0.182. The lowest BCUT2D eigenvalue weighted by molar-refractivity contribution is 0.0767. The van der Waals surface area contributed by atoms with E-state index in [0.29, 0.717) is 6.67 Å². The fraction of sp³-hybridized carbons (Fsp3) is 0.833. The first kappa shape index (κ1) is 8.29. The number of nitrogens with zero attached hydrogens (tertiary/aromatic N) is 1. The fourth-order valence-corrected chi connectivity index (χ4v) is 0.902. The third-order valence-electron chi connectivity index (χ3n) is 1.81. The molecule has 5 heteroatoms. The van der Waals surface area contributed by atoms with E-state index in [4.69, 9.17) is 5.11 Å². The standard InChI is InChI=1S/C6H13N3O2/c1-4(5(2)10)9-6(11)7-3-8-9/h4-5,8,10H,3H2,1-2H3,(H,7,11). The van der Waals surface area contributed by atoms with Crippen molar-refractivity contribution in [3.8, 4) is 0 Å². The molecule has 0 saturated carbocycles. The van der Waals surface area contributed by atoms with Gasteiger partial charge in [0.1, 0.15) is 0 Å². The average molecular weight is 159 g/mol. The Morgan fingerprint density at radius 1 is 1.64 bits per heavy atom. The van der Waals surface area contributed by atoms with E-state index < -0.39 is 6.10 Å². The first-order valence-corrected chi connectivity index (χ1v) is 3.61. The van der Waals surface area contributed by atoms with E-state index in [9.17, 15) is 4.79 Å². The van der Waals surface area contributed by atoms with Gasteiger partial charge in [-0.05, 0) is 13.8 Å². The molecule has 11 heavy (non-hydrogen) atoms. The summed E-state index contributed by atoms with van der Waals surface area (Å²) in [5, 5.41) is 13.1. The maximum absolute atomic E-state index is 11.0. The molecule has 1 aliphatic heterocycles. The second-order valence-corrected chi connectivity index (χ2v) is 2.67. The Bertz CT molecular complexity index is 160. The van der Waals surface area contributed by atoms with E-state index in [1.165, 1.54) is 5.01 Å². The van der Waals surface area contributed by atoms with Gasteiger partial charge in [-0.2, -0.15) is 0 Å². The predicted octanol–water partition coefficient (Wildman–Crippen LogP) is -0.757. The highest BCUT2D eigenvalue weighted by Crippen LogP contribution is 2.03. The Balaban J connectivity index is 2.52. The topological polar surface area (TPSA) is 64.6 Å².